The number of aliphatic hydroxyl groups excluding tert-OH is 2. The van der Waals surface area contributed by atoms with Crippen molar-refractivity contribution in [1.82, 2.24) is 5.32 Å². The lowest BCUT2D eigenvalue weighted by atomic mass is 10.0. The molecule has 0 aromatic carbocycles. The highest BCUT2D eigenvalue weighted by atomic mass is 16.3. The molecule has 0 saturated heterocycles. The van der Waals surface area contributed by atoms with Crippen molar-refractivity contribution in [3.63, 3.8) is 0 Å². The Morgan fingerprint density at radius 2 is 0.737 bits per heavy atom. The number of hydrogen-bond donors (Lipinski definition) is 3. The van der Waals surface area contributed by atoms with E-state index in [1.54, 1.807) is 6.08 Å². The number of unbranched alkanes of at least 4 members (excludes halogenated alkanes) is 36. The Morgan fingerprint density at radius 1 is 0.421 bits per heavy atom. The summed E-state index contributed by atoms with van der Waals surface area (Å²) >= 11 is 0. The number of aliphatic hydroxyl groups is 2. The van der Waals surface area contributed by atoms with Crippen molar-refractivity contribution in [1.29, 1.82) is 0 Å². The molecule has 4 heteroatoms. The maximum absolute atomic E-state index is 12.2. The predicted octanol–water partition coefficient (Wildman–Crippen LogP) is 16.5. The molecule has 2 unspecified atom stereocenters. The molecule has 57 heavy (non-hydrogen) atoms. The fraction of sp³-hybridized carbons (Fsp3) is 0.868. The summed E-state index contributed by atoms with van der Waals surface area (Å²) in [7, 11) is 0. The third-order valence-corrected chi connectivity index (χ3v) is 11.9. The summed E-state index contributed by atoms with van der Waals surface area (Å²) in [5, 5.41) is 22.6. The molecule has 3 N–H and O–H groups in total. The van der Waals surface area contributed by atoms with Gasteiger partial charge in [0.2, 0.25) is 5.91 Å². The van der Waals surface area contributed by atoms with E-state index in [0.29, 0.717) is 6.42 Å². The van der Waals surface area contributed by atoms with Gasteiger partial charge in [0.1, 0.15) is 0 Å². The van der Waals surface area contributed by atoms with Gasteiger partial charge in [0.15, 0.2) is 0 Å². The first-order valence-corrected chi connectivity index (χ1v) is 25.7. The number of amides is 1. The van der Waals surface area contributed by atoms with E-state index < -0.39 is 12.1 Å². The smallest absolute Gasteiger partial charge is 0.220 e. The molecule has 0 aliphatic heterocycles. The topological polar surface area (TPSA) is 69.6 Å². The normalized spacial score (nSPS) is 13.1. The van der Waals surface area contributed by atoms with Crippen LogP contribution >= 0.6 is 0 Å². The molecule has 0 spiro atoms. The molecule has 0 aliphatic rings. The van der Waals surface area contributed by atoms with Gasteiger partial charge in [-0.05, 0) is 44.9 Å². The van der Waals surface area contributed by atoms with Gasteiger partial charge in [0.05, 0.1) is 18.8 Å². The van der Waals surface area contributed by atoms with Crippen LogP contribution in [0.3, 0.4) is 0 Å². The first-order valence-electron chi connectivity index (χ1n) is 25.7. The van der Waals surface area contributed by atoms with Gasteiger partial charge in [-0.15, -0.1) is 0 Å². The molecule has 336 valence electrons. The van der Waals surface area contributed by atoms with E-state index in [1.165, 1.54) is 218 Å². The first kappa shape index (κ1) is 55.6. The lowest BCUT2D eigenvalue weighted by Gasteiger charge is -2.19. The van der Waals surface area contributed by atoms with Crippen LogP contribution in [-0.2, 0) is 4.79 Å². The third-order valence-electron chi connectivity index (χ3n) is 11.9. The summed E-state index contributed by atoms with van der Waals surface area (Å²) in [6.07, 6.45) is 66.6. The van der Waals surface area contributed by atoms with Crippen LogP contribution in [0.4, 0.5) is 0 Å². The Morgan fingerprint density at radius 3 is 1.09 bits per heavy atom. The van der Waals surface area contributed by atoms with Gasteiger partial charge in [-0.3, -0.25) is 4.79 Å². The van der Waals surface area contributed by atoms with Crippen molar-refractivity contribution in [2.24, 2.45) is 0 Å². The third kappa shape index (κ3) is 45.5. The van der Waals surface area contributed by atoms with Crippen molar-refractivity contribution >= 4 is 5.91 Å². The molecule has 0 aliphatic carbocycles. The second-order valence-corrected chi connectivity index (χ2v) is 17.6. The van der Waals surface area contributed by atoms with Crippen molar-refractivity contribution in [2.75, 3.05) is 6.61 Å². The SMILES string of the molecule is CCCC/C=C/C(O)C(CO)NC(=O)CCCCCCCCCCCCCCCCCCCCCCCCCCCCCCC/C=C\C/C=C\CCCCCCC. The summed E-state index contributed by atoms with van der Waals surface area (Å²) in [6, 6.07) is -0.615. The highest BCUT2D eigenvalue weighted by Gasteiger charge is 2.17. The van der Waals surface area contributed by atoms with E-state index >= 15 is 0 Å². The molecule has 0 rings (SSSR count). The number of nitrogens with one attached hydrogen (secondary N) is 1. The molecule has 0 bridgehead atoms. The van der Waals surface area contributed by atoms with Crippen molar-refractivity contribution in [2.45, 2.75) is 289 Å². The van der Waals surface area contributed by atoms with E-state index in [1.807, 2.05) is 6.08 Å². The van der Waals surface area contributed by atoms with Gasteiger partial charge in [-0.1, -0.05) is 262 Å². The fourth-order valence-electron chi connectivity index (χ4n) is 7.90. The van der Waals surface area contributed by atoms with Crippen molar-refractivity contribution < 1.29 is 15.0 Å². The van der Waals surface area contributed by atoms with E-state index in [9.17, 15) is 15.0 Å². The second-order valence-electron chi connectivity index (χ2n) is 17.6. The quantitative estimate of drug-likeness (QED) is 0.0424. The summed E-state index contributed by atoms with van der Waals surface area (Å²) in [6.45, 7) is 4.17. The Bertz CT molecular complexity index is 866. The monoisotopic (exact) mass is 800 g/mol. The van der Waals surface area contributed by atoms with Crippen molar-refractivity contribution in [3.05, 3.63) is 36.5 Å². The maximum atomic E-state index is 12.2. The summed E-state index contributed by atoms with van der Waals surface area (Å²) in [4.78, 5) is 12.2. The summed E-state index contributed by atoms with van der Waals surface area (Å²) in [5.41, 5.74) is 0. The lowest BCUT2D eigenvalue weighted by molar-refractivity contribution is -0.123. The highest BCUT2D eigenvalue weighted by molar-refractivity contribution is 5.76. The lowest BCUT2D eigenvalue weighted by Crippen LogP contribution is -2.45. The van der Waals surface area contributed by atoms with Crippen LogP contribution in [0.2, 0.25) is 0 Å². The molecule has 4 nitrogen and oxygen atoms in total. The Hall–Kier alpha value is -1.39. The average molecular weight is 800 g/mol. The zero-order chi connectivity index (χ0) is 41.4. The zero-order valence-electron chi connectivity index (χ0n) is 38.6. The molecule has 0 aromatic heterocycles. The molecule has 0 fully saturated rings. The number of carbonyl (C=O) groups excluding carboxylic acids is 1. The minimum Gasteiger partial charge on any atom is -0.394 e. The predicted molar refractivity (Wildman–Crippen MR) is 253 cm³/mol. The number of hydrogen-bond acceptors (Lipinski definition) is 3. The molecular weight excluding hydrogens is 699 g/mol. The van der Waals surface area contributed by atoms with E-state index in [-0.39, 0.29) is 12.5 Å². The average Bonchev–Trinajstić information content (AvgIpc) is 3.22. The van der Waals surface area contributed by atoms with Gasteiger partial charge >= 0.3 is 0 Å². The van der Waals surface area contributed by atoms with Crippen LogP contribution in [-0.4, -0.2) is 34.9 Å². The van der Waals surface area contributed by atoms with Gasteiger partial charge in [-0.25, -0.2) is 0 Å². The molecule has 0 aromatic rings. The van der Waals surface area contributed by atoms with E-state index in [0.717, 1.165) is 38.5 Å². The van der Waals surface area contributed by atoms with E-state index in [4.69, 9.17) is 0 Å². The van der Waals surface area contributed by atoms with Gasteiger partial charge in [0.25, 0.3) is 0 Å². The van der Waals surface area contributed by atoms with E-state index in [2.05, 4.69) is 43.5 Å². The Labute approximate surface area is 357 Å². The minimum atomic E-state index is -0.832. The van der Waals surface area contributed by atoms with Gasteiger partial charge < -0.3 is 15.5 Å². The molecule has 2 atom stereocenters. The number of carbonyl (C=O) groups is 1. The number of rotatable bonds is 47. The van der Waals surface area contributed by atoms with Crippen molar-refractivity contribution in [3.8, 4) is 0 Å². The van der Waals surface area contributed by atoms with Crippen LogP contribution in [0, 0.1) is 0 Å². The largest absolute Gasteiger partial charge is 0.394 e. The molecule has 0 saturated carbocycles. The zero-order valence-corrected chi connectivity index (χ0v) is 38.6. The molecule has 0 heterocycles. The van der Waals surface area contributed by atoms with Crippen LogP contribution in [0.25, 0.3) is 0 Å². The van der Waals surface area contributed by atoms with Crippen LogP contribution in [0.1, 0.15) is 277 Å². The molecule has 1 amide bonds. The van der Waals surface area contributed by atoms with Gasteiger partial charge in [0, 0.05) is 6.42 Å². The van der Waals surface area contributed by atoms with Crippen LogP contribution < -0.4 is 5.32 Å². The highest BCUT2D eigenvalue weighted by Crippen LogP contribution is 2.17. The number of allylic oxidation sites excluding steroid dienone is 5. The Balaban J connectivity index is 3.26. The second kappa shape index (κ2) is 49.0. The molecule has 0 radical (unpaired) electrons. The maximum Gasteiger partial charge on any atom is 0.220 e. The summed E-state index contributed by atoms with van der Waals surface area (Å²) < 4.78 is 0. The fourth-order valence-corrected chi connectivity index (χ4v) is 7.90. The standard InChI is InChI=1S/C53H101NO3/c1-3-5-7-9-10-11-12-13-14-15-16-17-18-19-20-21-22-23-24-25-26-27-28-29-30-31-32-33-34-35-36-37-38-39-40-41-42-43-44-45-47-49-53(57)54-51(50-55)52(56)48-46-8-6-4-2/h12-13,15-16,46,48,51-52,55-56H,3-11,14,17-45,47,49-50H2,1-2H3,(H,54,57)/b13-12-,16-15-,48-46+. The molecular formula is C53H101NO3. The summed E-state index contributed by atoms with van der Waals surface area (Å²) in [5.74, 6) is -0.0694. The van der Waals surface area contributed by atoms with Gasteiger partial charge in [-0.2, -0.15) is 0 Å². The first-order chi connectivity index (χ1) is 28.2. The Kier molecular flexibility index (Phi) is 47.8. The van der Waals surface area contributed by atoms with Crippen LogP contribution in [0.15, 0.2) is 36.5 Å². The minimum absolute atomic E-state index is 0.0694. The van der Waals surface area contributed by atoms with Crippen LogP contribution in [0.5, 0.6) is 0 Å².